The number of fused-ring (bicyclic) bond motifs is 2. The summed E-state index contributed by atoms with van der Waals surface area (Å²) in [5, 5.41) is 3.96. The van der Waals surface area contributed by atoms with Crippen molar-refractivity contribution in [2.75, 3.05) is 62.7 Å². The number of allylic oxidation sites excluding steroid dienone is 1. The normalized spacial score (nSPS) is 14.5. The van der Waals surface area contributed by atoms with Gasteiger partial charge in [-0.25, -0.2) is 0 Å². The van der Waals surface area contributed by atoms with E-state index in [4.69, 9.17) is 15.2 Å². The summed E-state index contributed by atoms with van der Waals surface area (Å²) in [6.07, 6.45) is 9.50. The lowest BCUT2D eigenvalue weighted by Gasteiger charge is -2.36. The number of aryl methyl sites for hydroxylation is 1. The quantitative estimate of drug-likeness (QED) is 0.191. The third-order valence-corrected chi connectivity index (χ3v) is 8.94. The number of aromatic amines is 1. The van der Waals surface area contributed by atoms with Gasteiger partial charge in [0, 0.05) is 92.1 Å². The zero-order valence-corrected chi connectivity index (χ0v) is 27.0. The maximum absolute atomic E-state index is 13.0. The van der Waals surface area contributed by atoms with Gasteiger partial charge >= 0.3 is 0 Å². The summed E-state index contributed by atoms with van der Waals surface area (Å²) < 4.78 is 14.0. The van der Waals surface area contributed by atoms with Crippen LogP contribution in [-0.2, 0) is 40.6 Å². The van der Waals surface area contributed by atoms with Crippen molar-refractivity contribution in [3.63, 3.8) is 0 Å². The van der Waals surface area contributed by atoms with Crippen LogP contribution in [0.4, 0.5) is 11.4 Å². The molecule has 0 bridgehead atoms. The minimum absolute atomic E-state index is 0.00443. The van der Waals surface area contributed by atoms with Gasteiger partial charge in [0.1, 0.15) is 5.75 Å². The van der Waals surface area contributed by atoms with Crippen LogP contribution in [0, 0.1) is 0 Å². The predicted octanol–water partition coefficient (Wildman–Crippen LogP) is 3.92. The number of nitrogens with one attached hydrogen (secondary N) is 2. The zero-order chi connectivity index (χ0) is 32.8. The molecule has 246 valence electrons. The summed E-state index contributed by atoms with van der Waals surface area (Å²) in [5.74, 6) is 1.26. The van der Waals surface area contributed by atoms with Crippen molar-refractivity contribution in [2.45, 2.75) is 25.7 Å². The first-order chi connectivity index (χ1) is 22.9. The Morgan fingerprint density at radius 1 is 1.00 bits per heavy atom. The second kappa shape index (κ2) is 14.6. The van der Waals surface area contributed by atoms with Gasteiger partial charge in [-0.1, -0.05) is 0 Å². The van der Waals surface area contributed by atoms with E-state index >= 15 is 0 Å². The molecule has 0 radical (unpaired) electrons. The number of nitrogens with two attached hydrogens (primary N) is 1. The number of ether oxygens (including phenoxy) is 2. The van der Waals surface area contributed by atoms with E-state index in [2.05, 4.69) is 50.8 Å². The Balaban J connectivity index is 0.942. The number of H-pyrrole nitrogens is 1. The van der Waals surface area contributed by atoms with Gasteiger partial charge in [0.25, 0.3) is 11.8 Å². The highest BCUT2D eigenvalue weighted by molar-refractivity contribution is 5.92. The molecular formula is C36H43N7O4. The number of hydrogen-bond donors (Lipinski definition) is 3. The molecule has 2 amide bonds. The molecule has 11 heteroatoms. The molecule has 2 aromatic heterocycles. The summed E-state index contributed by atoms with van der Waals surface area (Å²) in [5.41, 5.74) is 13.3. The monoisotopic (exact) mass is 637 g/mol. The van der Waals surface area contributed by atoms with Crippen LogP contribution in [0.2, 0.25) is 0 Å². The molecule has 4 N–H and O–H groups in total. The molecule has 47 heavy (non-hydrogen) atoms. The van der Waals surface area contributed by atoms with Crippen LogP contribution in [0.15, 0.2) is 65.6 Å². The van der Waals surface area contributed by atoms with Crippen molar-refractivity contribution in [3.8, 4) is 5.75 Å². The molecular weight excluding hydrogens is 594 g/mol. The Morgan fingerprint density at radius 3 is 2.57 bits per heavy atom. The SMILES string of the molecule is C=NCCc1cn(C)c2c1C=C(OCC(=O)N1CCN(c3ccc(NC(=O)COc4ccc5[nH]cc(CCN)c5c4)cc3)CC1)CC2. The number of rotatable bonds is 13. The van der Waals surface area contributed by atoms with E-state index in [0.29, 0.717) is 37.6 Å². The highest BCUT2D eigenvalue weighted by Crippen LogP contribution is 2.29. The Labute approximate surface area is 275 Å². The summed E-state index contributed by atoms with van der Waals surface area (Å²) in [6.45, 7) is 7.50. The van der Waals surface area contributed by atoms with Gasteiger partial charge in [-0.2, -0.15) is 0 Å². The number of nitrogens with zero attached hydrogens (tertiary/aromatic N) is 4. The Morgan fingerprint density at radius 2 is 1.81 bits per heavy atom. The van der Waals surface area contributed by atoms with Crippen LogP contribution in [0.5, 0.6) is 5.75 Å². The van der Waals surface area contributed by atoms with E-state index in [9.17, 15) is 9.59 Å². The molecule has 4 aromatic rings. The minimum Gasteiger partial charge on any atom is -0.488 e. The molecule has 1 fully saturated rings. The van der Waals surface area contributed by atoms with Crippen molar-refractivity contribution < 1.29 is 19.1 Å². The molecule has 0 atom stereocenters. The summed E-state index contributed by atoms with van der Waals surface area (Å²) in [4.78, 5) is 36.9. The van der Waals surface area contributed by atoms with Gasteiger partial charge in [0.15, 0.2) is 13.2 Å². The first kappa shape index (κ1) is 31.9. The van der Waals surface area contributed by atoms with E-state index in [1.54, 1.807) is 0 Å². The average molecular weight is 638 g/mol. The number of benzene rings is 2. The fraction of sp³-hybridized carbons (Fsp3) is 0.361. The van der Waals surface area contributed by atoms with Gasteiger partial charge in [0.2, 0.25) is 0 Å². The lowest BCUT2D eigenvalue weighted by atomic mass is 9.99. The van der Waals surface area contributed by atoms with E-state index in [-0.39, 0.29) is 25.0 Å². The maximum atomic E-state index is 13.0. The fourth-order valence-corrected chi connectivity index (χ4v) is 6.40. The van der Waals surface area contributed by atoms with Crippen LogP contribution in [0.3, 0.4) is 0 Å². The zero-order valence-electron chi connectivity index (χ0n) is 27.0. The standard InChI is InChI=1S/C36H43N7O4/c1-38-14-12-26-22-41(2)34-10-8-30(20-32(26)34)47-24-36(45)43-17-15-42(16-18-43)28-5-3-27(4-6-28)40-35(44)23-46-29-7-9-33-31(19-29)25(11-13-37)21-39-33/h3-7,9,19-22,39H,1,8,10-18,23-24,37H2,2H3,(H,40,44). The lowest BCUT2D eigenvalue weighted by Crippen LogP contribution is -2.49. The molecule has 11 nitrogen and oxygen atoms in total. The van der Waals surface area contributed by atoms with Gasteiger partial charge in [0.05, 0.1) is 5.76 Å². The molecule has 1 aliphatic carbocycles. The summed E-state index contributed by atoms with van der Waals surface area (Å²) in [6, 6.07) is 13.5. The number of aromatic nitrogens is 2. The van der Waals surface area contributed by atoms with Crippen molar-refractivity contribution in [1.29, 1.82) is 0 Å². The molecule has 1 saturated heterocycles. The molecule has 1 aliphatic heterocycles. The first-order valence-electron chi connectivity index (χ1n) is 16.2. The number of carbonyl (C=O) groups excluding carboxylic acids is 2. The second-order valence-electron chi connectivity index (χ2n) is 12.0. The van der Waals surface area contributed by atoms with E-state index in [1.807, 2.05) is 53.6 Å². The lowest BCUT2D eigenvalue weighted by molar-refractivity contribution is -0.135. The number of piperazine rings is 1. The van der Waals surface area contributed by atoms with Crippen LogP contribution >= 0.6 is 0 Å². The minimum atomic E-state index is -0.234. The molecule has 2 aromatic carbocycles. The molecule has 6 rings (SSSR count). The Bertz CT molecular complexity index is 1760. The Hall–Kier alpha value is -5.03. The van der Waals surface area contributed by atoms with E-state index in [1.165, 1.54) is 16.8 Å². The third kappa shape index (κ3) is 7.52. The van der Waals surface area contributed by atoms with Gasteiger partial charge in [-0.15, -0.1) is 0 Å². The van der Waals surface area contributed by atoms with Crippen LogP contribution < -0.4 is 20.7 Å². The van der Waals surface area contributed by atoms with Gasteiger partial charge in [-0.05, 0) is 92.2 Å². The van der Waals surface area contributed by atoms with Crippen LogP contribution in [0.25, 0.3) is 17.0 Å². The third-order valence-electron chi connectivity index (χ3n) is 8.94. The van der Waals surface area contributed by atoms with Crippen LogP contribution in [0.1, 0.15) is 28.8 Å². The number of carbonyl (C=O) groups is 2. The molecule has 0 saturated carbocycles. The van der Waals surface area contributed by atoms with Gasteiger partial charge < -0.3 is 44.9 Å². The van der Waals surface area contributed by atoms with E-state index in [0.717, 1.165) is 66.7 Å². The number of anilines is 2. The number of amides is 2. The Kier molecular flexibility index (Phi) is 9.92. The topological polar surface area (TPSA) is 130 Å². The molecule has 2 aliphatic rings. The first-order valence-corrected chi connectivity index (χ1v) is 16.2. The summed E-state index contributed by atoms with van der Waals surface area (Å²) in [7, 11) is 2.07. The second-order valence-corrected chi connectivity index (χ2v) is 12.0. The fourth-order valence-electron chi connectivity index (χ4n) is 6.40. The predicted molar refractivity (Wildman–Crippen MR) is 186 cm³/mol. The van der Waals surface area contributed by atoms with Crippen molar-refractivity contribution in [1.82, 2.24) is 14.5 Å². The summed E-state index contributed by atoms with van der Waals surface area (Å²) >= 11 is 0. The number of hydrogen-bond acceptors (Lipinski definition) is 7. The molecule has 3 heterocycles. The highest BCUT2D eigenvalue weighted by atomic mass is 16.5. The van der Waals surface area contributed by atoms with Crippen LogP contribution in [-0.4, -0.2) is 85.5 Å². The largest absolute Gasteiger partial charge is 0.488 e. The van der Waals surface area contributed by atoms with Crippen molar-refractivity contribution in [3.05, 3.63) is 83.0 Å². The molecule has 0 spiro atoms. The smallest absolute Gasteiger partial charge is 0.262 e. The van der Waals surface area contributed by atoms with E-state index < -0.39 is 0 Å². The molecule has 0 unspecified atom stereocenters. The number of aliphatic imine (C=N–C) groups is 1. The average Bonchev–Trinajstić information content (AvgIpc) is 3.65. The maximum Gasteiger partial charge on any atom is 0.262 e. The van der Waals surface area contributed by atoms with Crippen molar-refractivity contribution in [2.24, 2.45) is 17.8 Å². The highest BCUT2D eigenvalue weighted by Gasteiger charge is 2.23. The van der Waals surface area contributed by atoms with Gasteiger partial charge in [-0.3, -0.25) is 9.59 Å². The van der Waals surface area contributed by atoms with Crippen molar-refractivity contribution >= 4 is 46.9 Å².